The van der Waals surface area contributed by atoms with Crippen molar-refractivity contribution in [3.8, 4) is 0 Å². The van der Waals surface area contributed by atoms with Gasteiger partial charge in [-0.05, 0) is 99.7 Å². The van der Waals surface area contributed by atoms with Crippen LogP contribution in [0.1, 0.15) is 92.9 Å². The van der Waals surface area contributed by atoms with Crippen molar-refractivity contribution in [2.45, 2.75) is 111 Å². The Morgan fingerprint density at radius 2 is 1.74 bits per heavy atom. The quantitative estimate of drug-likeness (QED) is 0.336. The average molecular weight is 475 g/mol. The minimum absolute atomic E-state index is 0.0250. The summed E-state index contributed by atoms with van der Waals surface area (Å²) in [6.45, 7) is 12.9. The third kappa shape index (κ3) is 3.56. The van der Waals surface area contributed by atoms with E-state index in [0.29, 0.717) is 31.3 Å². The van der Waals surface area contributed by atoms with Crippen LogP contribution in [0, 0.1) is 39.9 Å². The summed E-state index contributed by atoms with van der Waals surface area (Å²) in [5.41, 5.74) is 1.79. The Labute approximate surface area is 205 Å². The maximum atomic E-state index is 12.3. The first-order valence-corrected chi connectivity index (χ1v) is 13.4. The molecule has 0 spiro atoms. The maximum absolute atomic E-state index is 12.3. The molecule has 4 N–H and O–H groups in total. The number of rotatable bonds is 4. The van der Waals surface area contributed by atoms with Crippen molar-refractivity contribution in [2.75, 3.05) is 0 Å². The van der Waals surface area contributed by atoms with Crippen molar-refractivity contribution in [1.29, 1.82) is 0 Å². The van der Waals surface area contributed by atoms with E-state index >= 15 is 0 Å². The molecule has 4 saturated carbocycles. The number of fused-ring (bicyclic) bond motifs is 5. The van der Waals surface area contributed by atoms with Crippen molar-refractivity contribution in [3.05, 3.63) is 22.8 Å². The predicted molar refractivity (Wildman–Crippen MR) is 133 cm³/mol. The van der Waals surface area contributed by atoms with Crippen molar-refractivity contribution < 1.29 is 25.2 Å². The fourth-order valence-electron chi connectivity index (χ4n) is 9.42. The minimum atomic E-state index is -0.838. The number of carboxylic acid groups (broad SMARTS) is 1. The Kier molecular flexibility index (Phi) is 6.66. The molecule has 5 heteroatoms. The third-order valence-corrected chi connectivity index (χ3v) is 11.4. The lowest BCUT2D eigenvalue weighted by molar-refractivity contribution is -0.272. The molecule has 0 aromatic rings. The van der Waals surface area contributed by atoms with E-state index in [9.17, 15) is 25.2 Å². The van der Waals surface area contributed by atoms with Crippen molar-refractivity contribution in [3.63, 3.8) is 0 Å². The second-order valence-electron chi connectivity index (χ2n) is 13.0. The molecule has 34 heavy (non-hydrogen) atoms. The number of hydrogen-bond acceptors (Lipinski definition) is 4. The molecule has 4 aliphatic rings. The van der Waals surface area contributed by atoms with Crippen LogP contribution in [-0.4, -0.2) is 44.7 Å². The van der Waals surface area contributed by atoms with E-state index in [1.165, 1.54) is 5.57 Å². The molecule has 10 unspecified atom stereocenters. The molecule has 4 rings (SSSR count). The summed E-state index contributed by atoms with van der Waals surface area (Å²) in [7, 11) is 0. The Bertz CT molecular complexity index is 887. The van der Waals surface area contributed by atoms with E-state index in [1.54, 1.807) is 0 Å². The van der Waals surface area contributed by atoms with E-state index in [0.717, 1.165) is 31.3 Å². The highest BCUT2D eigenvalue weighted by molar-refractivity contribution is 5.87. The fourth-order valence-corrected chi connectivity index (χ4v) is 9.42. The van der Waals surface area contributed by atoms with Crippen LogP contribution in [0.4, 0.5) is 0 Å². The molecule has 0 aliphatic heterocycles. The fraction of sp³-hybridized carbons (Fsp3) is 0.828. The van der Waals surface area contributed by atoms with Crippen molar-refractivity contribution in [1.82, 2.24) is 0 Å². The summed E-state index contributed by atoms with van der Waals surface area (Å²) >= 11 is 0. The summed E-state index contributed by atoms with van der Waals surface area (Å²) in [5.74, 6) is -0.654. The highest BCUT2D eigenvalue weighted by Crippen LogP contribution is 2.74. The van der Waals surface area contributed by atoms with E-state index in [4.69, 9.17) is 0 Å². The summed E-state index contributed by atoms with van der Waals surface area (Å²) < 4.78 is 0. The molecule has 192 valence electrons. The lowest BCUT2D eigenvalue weighted by atomic mass is 9.35. The molecule has 5 nitrogen and oxygen atoms in total. The molecule has 0 aromatic carbocycles. The van der Waals surface area contributed by atoms with Crippen LogP contribution in [-0.2, 0) is 4.79 Å². The zero-order valence-corrected chi connectivity index (χ0v) is 22.0. The number of aliphatic hydroxyl groups is 3. The van der Waals surface area contributed by atoms with E-state index in [-0.39, 0.29) is 40.6 Å². The maximum Gasteiger partial charge on any atom is 0.331 e. The number of allylic oxidation sites excluding steroid dienone is 3. The van der Waals surface area contributed by atoms with Gasteiger partial charge in [-0.3, -0.25) is 0 Å². The van der Waals surface area contributed by atoms with Gasteiger partial charge in [-0.15, -0.1) is 0 Å². The van der Waals surface area contributed by atoms with Gasteiger partial charge in [0.05, 0.1) is 18.3 Å². The van der Waals surface area contributed by atoms with Crippen LogP contribution < -0.4 is 0 Å². The second kappa shape index (κ2) is 8.74. The van der Waals surface area contributed by atoms with Gasteiger partial charge >= 0.3 is 5.97 Å². The molecule has 0 aromatic heterocycles. The highest BCUT2D eigenvalue weighted by atomic mass is 16.4. The molecule has 10 atom stereocenters. The van der Waals surface area contributed by atoms with Gasteiger partial charge in [0.15, 0.2) is 0 Å². The van der Waals surface area contributed by atoms with Crippen molar-refractivity contribution in [2.24, 2.45) is 39.9 Å². The largest absolute Gasteiger partial charge is 0.478 e. The third-order valence-electron chi connectivity index (χ3n) is 11.4. The monoisotopic (exact) mass is 474 g/mol. The molecule has 0 radical (unpaired) electrons. The number of carboxylic acids is 1. The zero-order chi connectivity index (χ0) is 25.2. The standard InChI is InChI=1S/C29H46O5/c1-16(2)8-7-9-19(26(33)34)18-10-13-28(5)21(18)14-23(31)25-27(4)12-11-22(30)17(3)20(27)15-24(32)29(25,28)6/h8,17,20-25,30-32H,7,9-15H2,1-6H3,(H,33,34)/b19-18-. The first kappa shape index (κ1) is 25.9. The molecule has 0 amide bonds. The summed E-state index contributed by atoms with van der Waals surface area (Å²) in [6.07, 6.45) is 6.18. The average Bonchev–Trinajstić information content (AvgIpc) is 3.08. The Balaban J connectivity index is 1.77. The van der Waals surface area contributed by atoms with Crippen LogP contribution in [0.15, 0.2) is 22.8 Å². The first-order chi connectivity index (χ1) is 15.8. The molecular weight excluding hydrogens is 428 g/mol. The van der Waals surface area contributed by atoms with Crippen LogP contribution in [0.5, 0.6) is 0 Å². The SMILES string of the molecule is CC(C)=CCC/C(C(=O)O)=C1\CCC2(C)C1CC(O)C1C3(C)CCC(O)C(C)C3CC(O)C12C. The van der Waals surface area contributed by atoms with Gasteiger partial charge < -0.3 is 20.4 Å². The smallest absolute Gasteiger partial charge is 0.331 e. The second-order valence-corrected chi connectivity index (χ2v) is 13.0. The zero-order valence-electron chi connectivity index (χ0n) is 22.0. The van der Waals surface area contributed by atoms with Gasteiger partial charge in [-0.25, -0.2) is 4.79 Å². The molecular formula is C29H46O5. The van der Waals surface area contributed by atoms with Gasteiger partial charge in [-0.2, -0.15) is 0 Å². The number of aliphatic carboxylic acids is 1. The van der Waals surface area contributed by atoms with Crippen LogP contribution in [0.3, 0.4) is 0 Å². The first-order valence-electron chi connectivity index (χ1n) is 13.4. The normalized spacial score (nSPS) is 49.5. The molecule has 0 bridgehead atoms. The van der Waals surface area contributed by atoms with Crippen molar-refractivity contribution >= 4 is 5.97 Å². The Morgan fingerprint density at radius 1 is 1.06 bits per heavy atom. The van der Waals surface area contributed by atoms with E-state index in [1.807, 2.05) is 13.8 Å². The van der Waals surface area contributed by atoms with Gasteiger partial charge in [0, 0.05) is 11.0 Å². The molecule has 4 aliphatic carbocycles. The Morgan fingerprint density at radius 3 is 2.35 bits per heavy atom. The molecule has 0 saturated heterocycles. The van der Waals surface area contributed by atoms with Gasteiger partial charge in [0.2, 0.25) is 0 Å². The van der Waals surface area contributed by atoms with Gasteiger partial charge in [0.25, 0.3) is 0 Å². The van der Waals surface area contributed by atoms with Crippen LogP contribution >= 0.6 is 0 Å². The highest BCUT2D eigenvalue weighted by Gasteiger charge is 2.72. The predicted octanol–water partition coefficient (Wildman–Crippen LogP) is 5.10. The number of aliphatic hydroxyl groups excluding tert-OH is 3. The molecule has 4 fully saturated rings. The summed E-state index contributed by atoms with van der Waals surface area (Å²) in [6, 6.07) is 0. The number of hydrogen-bond donors (Lipinski definition) is 4. The van der Waals surface area contributed by atoms with E-state index < -0.39 is 23.6 Å². The van der Waals surface area contributed by atoms with Gasteiger partial charge in [0.1, 0.15) is 0 Å². The minimum Gasteiger partial charge on any atom is -0.478 e. The van der Waals surface area contributed by atoms with Crippen LogP contribution in [0.2, 0.25) is 0 Å². The number of carbonyl (C=O) groups is 1. The van der Waals surface area contributed by atoms with E-state index in [2.05, 4.69) is 33.8 Å². The van der Waals surface area contributed by atoms with Crippen LogP contribution in [0.25, 0.3) is 0 Å². The lowest BCUT2D eigenvalue weighted by Crippen LogP contribution is -2.70. The summed E-state index contributed by atoms with van der Waals surface area (Å²) in [4.78, 5) is 12.3. The topological polar surface area (TPSA) is 98.0 Å². The summed E-state index contributed by atoms with van der Waals surface area (Å²) in [5, 5.41) is 44.2. The lowest BCUT2D eigenvalue weighted by Gasteiger charge is -2.70. The van der Waals surface area contributed by atoms with Gasteiger partial charge in [-0.1, -0.05) is 44.9 Å². The Hall–Kier alpha value is -1.17. The molecule has 0 heterocycles.